The van der Waals surface area contributed by atoms with E-state index in [0.29, 0.717) is 24.7 Å². The molecule has 2 atom stereocenters. The highest BCUT2D eigenvalue weighted by atomic mass is 19.1. The van der Waals surface area contributed by atoms with E-state index < -0.39 is 17.2 Å². The molecule has 0 aromatic heterocycles. The lowest BCUT2D eigenvalue weighted by molar-refractivity contribution is -0.0272. The van der Waals surface area contributed by atoms with Crippen LogP contribution in [0.3, 0.4) is 0 Å². The molecule has 1 aliphatic carbocycles. The molecule has 0 aliphatic heterocycles. The van der Waals surface area contributed by atoms with Crippen molar-refractivity contribution in [2.45, 2.75) is 51.6 Å². The first-order valence-electron chi connectivity index (χ1n) is 7.08. The molecule has 1 aliphatic rings. The third-order valence-electron chi connectivity index (χ3n) is 4.07. The van der Waals surface area contributed by atoms with Gasteiger partial charge in [0.15, 0.2) is 0 Å². The van der Waals surface area contributed by atoms with E-state index in [4.69, 9.17) is 0 Å². The van der Waals surface area contributed by atoms with Gasteiger partial charge in [-0.05, 0) is 43.6 Å². The summed E-state index contributed by atoms with van der Waals surface area (Å²) in [6.07, 6.45) is 4.16. The van der Waals surface area contributed by atoms with E-state index >= 15 is 0 Å². The fourth-order valence-corrected chi connectivity index (χ4v) is 3.34. The van der Waals surface area contributed by atoms with Crippen molar-refractivity contribution in [2.75, 3.05) is 0 Å². The summed E-state index contributed by atoms with van der Waals surface area (Å²) in [5.41, 5.74) is -0.877. The zero-order valence-electron chi connectivity index (χ0n) is 11.6. The number of hydrogen-bond acceptors (Lipinski definition) is 1. The number of aliphatic hydroxyl groups is 1. The second kappa shape index (κ2) is 5.58. The SMILES string of the molecule is CC(C)CC1CCCC(O)(c2ccc(F)cc2F)C1. The smallest absolute Gasteiger partial charge is 0.132 e. The quantitative estimate of drug-likeness (QED) is 0.862. The molecule has 0 radical (unpaired) electrons. The summed E-state index contributed by atoms with van der Waals surface area (Å²) in [5.74, 6) is -0.235. The van der Waals surface area contributed by atoms with Gasteiger partial charge in [-0.2, -0.15) is 0 Å². The Morgan fingerprint density at radius 2 is 2.11 bits per heavy atom. The van der Waals surface area contributed by atoms with E-state index in [-0.39, 0.29) is 5.56 Å². The lowest BCUT2D eigenvalue weighted by Gasteiger charge is -2.38. The molecule has 19 heavy (non-hydrogen) atoms. The van der Waals surface area contributed by atoms with Crippen LogP contribution in [-0.4, -0.2) is 5.11 Å². The van der Waals surface area contributed by atoms with Gasteiger partial charge in [-0.25, -0.2) is 8.78 Å². The van der Waals surface area contributed by atoms with Gasteiger partial charge in [0.2, 0.25) is 0 Å². The van der Waals surface area contributed by atoms with Gasteiger partial charge in [-0.1, -0.05) is 26.3 Å². The van der Waals surface area contributed by atoms with Crippen molar-refractivity contribution < 1.29 is 13.9 Å². The summed E-state index contributed by atoms with van der Waals surface area (Å²) in [6, 6.07) is 3.48. The standard InChI is InChI=1S/C16H22F2O/c1-11(2)8-12-4-3-7-16(19,10-12)14-6-5-13(17)9-15(14)18/h5-6,9,11-12,19H,3-4,7-8,10H2,1-2H3. The van der Waals surface area contributed by atoms with Crippen molar-refractivity contribution in [3.05, 3.63) is 35.4 Å². The molecule has 0 heterocycles. The van der Waals surface area contributed by atoms with E-state index in [1.165, 1.54) is 12.1 Å². The number of hydrogen-bond donors (Lipinski definition) is 1. The number of benzene rings is 1. The summed E-state index contributed by atoms with van der Waals surface area (Å²) in [4.78, 5) is 0. The third kappa shape index (κ3) is 3.33. The maximum absolute atomic E-state index is 13.9. The second-order valence-corrected chi connectivity index (χ2v) is 6.25. The van der Waals surface area contributed by atoms with Gasteiger partial charge < -0.3 is 5.11 Å². The summed E-state index contributed by atoms with van der Waals surface area (Å²) in [7, 11) is 0. The highest BCUT2D eigenvalue weighted by Crippen LogP contribution is 2.42. The molecule has 2 rings (SSSR count). The Bertz CT molecular complexity index is 444. The summed E-state index contributed by atoms with van der Waals surface area (Å²) in [5, 5.41) is 10.7. The van der Waals surface area contributed by atoms with E-state index in [1.54, 1.807) is 0 Å². The monoisotopic (exact) mass is 268 g/mol. The molecule has 1 aromatic carbocycles. The van der Waals surface area contributed by atoms with Gasteiger partial charge in [0.05, 0.1) is 5.60 Å². The average molecular weight is 268 g/mol. The molecule has 1 N–H and O–H groups in total. The van der Waals surface area contributed by atoms with Crippen molar-refractivity contribution >= 4 is 0 Å². The molecule has 2 unspecified atom stereocenters. The van der Waals surface area contributed by atoms with Crippen LogP contribution in [0.15, 0.2) is 18.2 Å². The van der Waals surface area contributed by atoms with Gasteiger partial charge in [0.25, 0.3) is 0 Å². The van der Waals surface area contributed by atoms with Crippen LogP contribution in [0, 0.1) is 23.5 Å². The molecular weight excluding hydrogens is 246 g/mol. The van der Waals surface area contributed by atoms with Crippen molar-refractivity contribution in [3.8, 4) is 0 Å². The number of rotatable bonds is 3. The first-order chi connectivity index (χ1) is 8.90. The Labute approximate surface area is 113 Å². The maximum atomic E-state index is 13.9. The van der Waals surface area contributed by atoms with E-state index in [1.807, 2.05) is 0 Å². The van der Waals surface area contributed by atoms with Crippen molar-refractivity contribution in [1.82, 2.24) is 0 Å². The van der Waals surface area contributed by atoms with Crippen LogP contribution in [0.1, 0.15) is 51.5 Å². The Kier molecular flexibility index (Phi) is 4.24. The van der Waals surface area contributed by atoms with Crippen LogP contribution in [0.25, 0.3) is 0 Å². The molecule has 1 aromatic rings. The van der Waals surface area contributed by atoms with Gasteiger partial charge in [-0.3, -0.25) is 0 Å². The highest BCUT2D eigenvalue weighted by Gasteiger charge is 2.37. The predicted octanol–water partition coefficient (Wildman–Crippen LogP) is 4.39. The largest absolute Gasteiger partial charge is 0.385 e. The Balaban J connectivity index is 2.21. The Morgan fingerprint density at radius 3 is 2.74 bits per heavy atom. The second-order valence-electron chi connectivity index (χ2n) is 6.25. The minimum atomic E-state index is -1.13. The molecule has 1 fully saturated rings. The average Bonchev–Trinajstić information content (AvgIpc) is 2.27. The van der Waals surface area contributed by atoms with Gasteiger partial charge in [-0.15, -0.1) is 0 Å². The predicted molar refractivity (Wildman–Crippen MR) is 71.7 cm³/mol. The lowest BCUT2D eigenvalue weighted by atomic mass is 9.72. The zero-order valence-corrected chi connectivity index (χ0v) is 11.6. The zero-order chi connectivity index (χ0) is 14.0. The summed E-state index contributed by atoms with van der Waals surface area (Å²) in [6.45, 7) is 4.32. The molecule has 1 saturated carbocycles. The molecule has 0 bridgehead atoms. The van der Waals surface area contributed by atoms with E-state index in [2.05, 4.69) is 13.8 Å². The van der Waals surface area contributed by atoms with E-state index in [0.717, 1.165) is 25.3 Å². The van der Waals surface area contributed by atoms with Crippen molar-refractivity contribution in [2.24, 2.45) is 11.8 Å². The summed E-state index contributed by atoms with van der Waals surface area (Å²) >= 11 is 0. The first-order valence-corrected chi connectivity index (χ1v) is 7.08. The minimum absolute atomic E-state index is 0.252. The van der Waals surface area contributed by atoms with Gasteiger partial charge in [0, 0.05) is 11.6 Å². The highest BCUT2D eigenvalue weighted by molar-refractivity contribution is 5.25. The Hall–Kier alpha value is -0.960. The van der Waals surface area contributed by atoms with E-state index in [9.17, 15) is 13.9 Å². The molecular formula is C16H22F2O. The molecule has 106 valence electrons. The normalized spacial score (nSPS) is 27.8. The van der Waals surface area contributed by atoms with Gasteiger partial charge >= 0.3 is 0 Å². The number of halogens is 2. The molecule has 3 heteroatoms. The lowest BCUT2D eigenvalue weighted by Crippen LogP contribution is -2.34. The molecule has 0 spiro atoms. The van der Waals surface area contributed by atoms with Crippen LogP contribution in [0.4, 0.5) is 8.78 Å². The maximum Gasteiger partial charge on any atom is 0.132 e. The van der Waals surface area contributed by atoms with Crippen LogP contribution < -0.4 is 0 Å². The first kappa shape index (κ1) is 14.4. The molecule has 1 nitrogen and oxygen atoms in total. The fourth-order valence-electron chi connectivity index (χ4n) is 3.34. The van der Waals surface area contributed by atoms with Crippen LogP contribution >= 0.6 is 0 Å². The van der Waals surface area contributed by atoms with Crippen molar-refractivity contribution in [3.63, 3.8) is 0 Å². The van der Waals surface area contributed by atoms with Gasteiger partial charge in [0.1, 0.15) is 11.6 Å². The fraction of sp³-hybridized carbons (Fsp3) is 0.625. The topological polar surface area (TPSA) is 20.2 Å². The Morgan fingerprint density at radius 1 is 1.37 bits per heavy atom. The van der Waals surface area contributed by atoms with Crippen molar-refractivity contribution in [1.29, 1.82) is 0 Å². The van der Waals surface area contributed by atoms with Crippen LogP contribution in [0.2, 0.25) is 0 Å². The van der Waals surface area contributed by atoms with Crippen LogP contribution in [0.5, 0.6) is 0 Å². The summed E-state index contributed by atoms with van der Waals surface area (Å²) < 4.78 is 26.8. The van der Waals surface area contributed by atoms with Crippen LogP contribution in [-0.2, 0) is 5.60 Å². The molecule has 0 saturated heterocycles. The minimum Gasteiger partial charge on any atom is -0.385 e. The molecule has 0 amide bonds. The third-order valence-corrected chi connectivity index (χ3v) is 4.07.